The maximum absolute atomic E-state index is 5.12. The summed E-state index contributed by atoms with van der Waals surface area (Å²) in [7, 11) is 1.66. The summed E-state index contributed by atoms with van der Waals surface area (Å²) in [4.78, 5) is 4.45. The zero-order valence-corrected chi connectivity index (χ0v) is 11.8. The van der Waals surface area contributed by atoms with Gasteiger partial charge in [-0.05, 0) is 48.2 Å². The molecule has 2 rings (SSSR count). The van der Waals surface area contributed by atoms with Gasteiger partial charge in [0, 0.05) is 6.21 Å². The van der Waals surface area contributed by atoms with Crippen LogP contribution in [-0.4, -0.2) is 13.3 Å². The molecule has 2 aromatic rings. The van der Waals surface area contributed by atoms with Crippen molar-refractivity contribution < 1.29 is 4.74 Å². The van der Waals surface area contributed by atoms with Crippen LogP contribution in [0.25, 0.3) is 0 Å². The number of methoxy groups -OCH3 is 1. The molecule has 2 heteroatoms. The number of hydrogen-bond donors (Lipinski definition) is 0. The Hall–Kier alpha value is -2.35. The fraction of sp³-hybridized carbons (Fsp3) is 0.167. The number of aliphatic imine (C=N–C) groups is 1. The molecule has 0 spiro atoms. The standard InChI is InChI=1S/C18H19NO/c1-3-4-5-15-6-8-16(9-7-15)14-19-17-10-12-18(20-2)13-11-17/h3,6-14H,1,4-5H2,2H3. The zero-order chi connectivity index (χ0) is 14.2. The molecule has 0 aliphatic carbocycles. The highest BCUT2D eigenvalue weighted by atomic mass is 16.5. The van der Waals surface area contributed by atoms with Gasteiger partial charge in [-0.25, -0.2) is 0 Å². The van der Waals surface area contributed by atoms with Crippen molar-refractivity contribution in [1.82, 2.24) is 0 Å². The first-order valence-corrected chi connectivity index (χ1v) is 6.70. The molecule has 0 aliphatic heterocycles. The van der Waals surface area contributed by atoms with E-state index < -0.39 is 0 Å². The van der Waals surface area contributed by atoms with Gasteiger partial charge in [0.25, 0.3) is 0 Å². The van der Waals surface area contributed by atoms with Gasteiger partial charge >= 0.3 is 0 Å². The average molecular weight is 265 g/mol. The normalized spacial score (nSPS) is 10.7. The molecule has 2 aromatic carbocycles. The van der Waals surface area contributed by atoms with Crippen LogP contribution in [0.15, 0.2) is 66.2 Å². The lowest BCUT2D eigenvalue weighted by atomic mass is 10.1. The minimum atomic E-state index is 0.843. The van der Waals surface area contributed by atoms with E-state index in [0.717, 1.165) is 29.8 Å². The third kappa shape index (κ3) is 4.09. The van der Waals surface area contributed by atoms with Gasteiger partial charge in [-0.3, -0.25) is 4.99 Å². The average Bonchev–Trinajstić information content (AvgIpc) is 2.52. The SMILES string of the molecule is C=CCCc1ccc(C=Nc2ccc(OC)cc2)cc1. The predicted molar refractivity (Wildman–Crippen MR) is 85.2 cm³/mol. The summed E-state index contributed by atoms with van der Waals surface area (Å²) >= 11 is 0. The molecule has 0 amide bonds. The lowest BCUT2D eigenvalue weighted by Gasteiger charge is -2.00. The number of nitrogens with zero attached hydrogens (tertiary/aromatic N) is 1. The molecule has 0 fully saturated rings. The molecule has 102 valence electrons. The number of ether oxygens (including phenoxy) is 1. The maximum atomic E-state index is 5.12. The Morgan fingerprint density at radius 2 is 1.75 bits per heavy atom. The Balaban J connectivity index is 2.01. The summed E-state index contributed by atoms with van der Waals surface area (Å²) in [6, 6.07) is 16.1. The number of rotatable bonds is 6. The van der Waals surface area contributed by atoms with Crippen LogP contribution >= 0.6 is 0 Å². The van der Waals surface area contributed by atoms with Crippen molar-refractivity contribution in [3.8, 4) is 5.75 Å². The van der Waals surface area contributed by atoms with E-state index in [2.05, 4.69) is 35.8 Å². The van der Waals surface area contributed by atoms with Crippen molar-refractivity contribution in [2.24, 2.45) is 4.99 Å². The smallest absolute Gasteiger partial charge is 0.119 e. The first-order chi connectivity index (χ1) is 9.81. The highest BCUT2D eigenvalue weighted by Crippen LogP contribution is 2.17. The number of hydrogen-bond acceptors (Lipinski definition) is 2. The van der Waals surface area contributed by atoms with E-state index in [0.29, 0.717) is 0 Å². The highest BCUT2D eigenvalue weighted by molar-refractivity contribution is 5.81. The predicted octanol–water partition coefficient (Wildman–Crippen LogP) is 4.56. The minimum Gasteiger partial charge on any atom is -0.497 e. The summed E-state index contributed by atoms with van der Waals surface area (Å²) < 4.78 is 5.12. The quantitative estimate of drug-likeness (QED) is 0.554. The molecule has 2 nitrogen and oxygen atoms in total. The second kappa shape index (κ2) is 7.29. The molecule has 0 saturated carbocycles. The van der Waals surface area contributed by atoms with Crippen LogP contribution in [0.3, 0.4) is 0 Å². The fourth-order valence-corrected chi connectivity index (χ4v) is 1.86. The van der Waals surface area contributed by atoms with Gasteiger partial charge in [-0.2, -0.15) is 0 Å². The Morgan fingerprint density at radius 3 is 2.35 bits per heavy atom. The summed E-state index contributed by atoms with van der Waals surface area (Å²) in [5.41, 5.74) is 3.34. The topological polar surface area (TPSA) is 21.6 Å². The van der Waals surface area contributed by atoms with Crippen molar-refractivity contribution in [3.63, 3.8) is 0 Å². The Morgan fingerprint density at radius 1 is 1.05 bits per heavy atom. The van der Waals surface area contributed by atoms with Crippen LogP contribution in [0, 0.1) is 0 Å². The Labute approximate surface area is 120 Å². The van der Waals surface area contributed by atoms with Crippen LogP contribution < -0.4 is 4.74 Å². The van der Waals surface area contributed by atoms with Crippen molar-refractivity contribution in [3.05, 3.63) is 72.3 Å². The summed E-state index contributed by atoms with van der Waals surface area (Å²) in [5.74, 6) is 0.843. The second-order valence-electron chi connectivity index (χ2n) is 4.53. The maximum Gasteiger partial charge on any atom is 0.119 e. The van der Waals surface area contributed by atoms with E-state index in [-0.39, 0.29) is 0 Å². The minimum absolute atomic E-state index is 0.843. The molecule has 20 heavy (non-hydrogen) atoms. The van der Waals surface area contributed by atoms with Crippen molar-refractivity contribution in [2.75, 3.05) is 7.11 Å². The first-order valence-electron chi connectivity index (χ1n) is 6.70. The van der Waals surface area contributed by atoms with Gasteiger partial charge in [0.15, 0.2) is 0 Å². The monoisotopic (exact) mass is 265 g/mol. The van der Waals surface area contributed by atoms with Gasteiger partial charge < -0.3 is 4.74 Å². The molecule has 0 atom stereocenters. The molecular weight excluding hydrogens is 246 g/mol. The van der Waals surface area contributed by atoms with Gasteiger partial charge in [0.2, 0.25) is 0 Å². The third-order valence-corrected chi connectivity index (χ3v) is 3.05. The summed E-state index contributed by atoms with van der Waals surface area (Å²) in [6.07, 6.45) is 5.87. The van der Waals surface area contributed by atoms with E-state index in [9.17, 15) is 0 Å². The molecule has 0 N–H and O–H groups in total. The van der Waals surface area contributed by atoms with Crippen LogP contribution in [0.5, 0.6) is 5.75 Å². The first kappa shape index (κ1) is 14.1. The van der Waals surface area contributed by atoms with Crippen molar-refractivity contribution in [1.29, 1.82) is 0 Å². The lowest BCUT2D eigenvalue weighted by Crippen LogP contribution is -1.85. The fourth-order valence-electron chi connectivity index (χ4n) is 1.86. The molecule has 0 unspecified atom stereocenters. The van der Waals surface area contributed by atoms with E-state index in [1.165, 1.54) is 5.56 Å². The van der Waals surface area contributed by atoms with Gasteiger partial charge in [-0.15, -0.1) is 6.58 Å². The van der Waals surface area contributed by atoms with E-state index in [1.807, 2.05) is 36.6 Å². The van der Waals surface area contributed by atoms with Crippen LogP contribution in [0.1, 0.15) is 17.5 Å². The molecule has 0 saturated heterocycles. The van der Waals surface area contributed by atoms with Crippen LogP contribution in [0.4, 0.5) is 5.69 Å². The van der Waals surface area contributed by atoms with Gasteiger partial charge in [0.05, 0.1) is 12.8 Å². The van der Waals surface area contributed by atoms with Gasteiger partial charge in [-0.1, -0.05) is 30.3 Å². The zero-order valence-electron chi connectivity index (χ0n) is 11.8. The number of benzene rings is 2. The molecular formula is C18H19NO. The Bertz CT molecular complexity index is 567. The lowest BCUT2D eigenvalue weighted by molar-refractivity contribution is 0.415. The molecule has 0 aliphatic rings. The molecule has 0 heterocycles. The van der Waals surface area contributed by atoms with E-state index in [4.69, 9.17) is 4.74 Å². The van der Waals surface area contributed by atoms with Crippen molar-refractivity contribution in [2.45, 2.75) is 12.8 Å². The van der Waals surface area contributed by atoms with Crippen molar-refractivity contribution >= 4 is 11.9 Å². The van der Waals surface area contributed by atoms with Crippen LogP contribution in [-0.2, 0) is 6.42 Å². The molecule has 0 aromatic heterocycles. The number of allylic oxidation sites excluding steroid dienone is 1. The summed E-state index contributed by atoms with van der Waals surface area (Å²) in [6.45, 7) is 3.74. The highest BCUT2D eigenvalue weighted by Gasteiger charge is 1.93. The molecule has 0 bridgehead atoms. The summed E-state index contributed by atoms with van der Waals surface area (Å²) in [5, 5.41) is 0. The molecule has 0 radical (unpaired) electrons. The van der Waals surface area contributed by atoms with Crippen LogP contribution in [0.2, 0.25) is 0 Å². The Kier molecular flexibility index (Phi) is 5.13. The second-order valence-corrected chi connectivity index (χ2v) is 4.53. The van der Waals surface area contributed by atoms with E-state index >= 15 is 0 Å². The third-order valence-electron chi connectivity index (χ3n) is 3.05. The largest absolute Gasteiger partial charge is 0.497 e. The van der Waals surface area contributed by atoms with E-state index in [1.54, 1.807) is 7.11 Å². The van der Waals surface area contributed by atoms with Gasteiger partial charge in [0.1, 0.15) is 5.75 Å². The number of aryl methyl sites for hydroxylation is 1.